The number of nitrogens with zero attached hydrogens (tertiary/aromatic N) is 1. The van der Waals surface area contributed by atoms with Crippen LogP contribution in [0.5, 0.6) is 17.2 Å². The van der Waals surface area contributed by atoms with Gasteiger partial charge in [0.25, 0.3) is 5.91 Å². The van der Waals surface area contributed by atoms with Gasteiger partial charge >= 0.3 is 5.97 Å². The van der Waals surface area contributed by atoms with Crippen LogP contribution in [-0.4, -0.2) is 31.6 Å². The molecule has 0 fully saturated rings. The highest BCUT2D eigenvalue weighted by molar-refractivity contribution is 6.30. The van der Waals surface area contributed by atoms with Gasteiger partial charge < -0.3 is 19.5 Å². The molecule has 166 valence electrons. The summed E-state index contributed by atoms with van der Waals surface area (Å²) in [5.74, 6) is -0.198. The third kappa shape index (κ3) is 6.62. The van der Waals surface area contributed by atoms with Crippen LogP contribution >= 0.6 is 11.6 Å². The lowest BCUT2D eigenvalue weighted by Crippen LogP contribution is -2.28. The Balaban J connectivity index is 2.15. The molecule has 2 rings (SSSR count). The van der Waals surface area contributed by atoms with E-state index in [4.69, 9.17) is 25.8 Å². The van der Waals surface area contributed by atoms with E-state index in [2.05, 4.69) is 11.9 Å². The third-order valence-corrected chi connectivity index (χ3v) is 4.49. The van der Waals surface area contributed by atoms with Crippen molar-refractivity contribution < 1.29 is 23.8 Å². The van der Waals surface area contributed by atoms with Gasteiger partial charge in [-0.25, -0.2) is 4.79 Å². The number of aryl methyl sites for hydroxylation is 1. The van der Waals surface area contributed by atoms with Crippen LogP contribution in [0.1, 0.15) is 18.1 Å². The van der Waals surface area contributed by atoms with Crippen LogP contribution in [0.15, 0.2) is 54.6 Å². The van der Waals surface area contributed by atoms with Gasteiger partial charge in [0.05, 0.1) is 7.11 Å². The van der Waals surface area contributed by atoms with Gasteiger partial charge in [0.2, 0.25) is 0 Å². The maximum Gasteiger partial charge on any atom is 0.352 e. The van der Waals surface area contributed by atoms with Crippen molar-refractivity contribution in [2.24, 2.45) is 0 Å². The first kappa shape index (κ1) is 24.5. The Hall–Kier alpha value is -3.76. The largest absolute Gasteiger partial charge is 0.493 e. The van der Waals surface area contributed by atoms with Crippen LogP contribution in [0.2, 0.25) is 5.02 Å². The molecule has 0 aromatic heterocycles. The zero-order valence-electron chi connectivity index (χ0n) is 18.0. The first-order valence-electron chi connectivity index (χ1n) is 9.62. The highest BCUT2D eigenvalue weighted by atomic mass is 35.5. The van der Waals surface area contributed by atoms with Gasteiger partial charge in [0, 0.05) is 11.6 Å². The number of hydrogen-bond acceptors (Lipinski definition) is 6. The smallest absolute Gasteiger partial charge is 0.352 e. The van der Waals surface area contributed by atoms with Crippen molar-refractivity contribution in [2.75, 3.05) is 13.7 Å². The zero-order valence-corrected chi connectivity index (χ0v) is 18.7. The minimum absolute atomic E-state index is 0.0843. The number of nitriles is 1. The van der Waals surface area contributed by atoms with E-state index < -0.39 is 18.0 Å². The Bertz CT molecular complexity index is 1090. The minimum Gasteiger partial charge on any atom is -0.493 e. The molecule has 1 N–H and O–H groups in total. The van der Waals surface area contributed by atoms with Crippen molar-refractivity contribution in [3.63, 3.8) is 0 Å². The second kappa shape index (κ2) is 11.6. The maximum atomic E-state index is 12.5. The molecule has 0 aliphatic rings. The standard InChI is InChI=1S/C24H23ClN2O5/c1-5-10-27-23(28)18(14-26)12-17-6-8-21(22(13-17)30-4)32-24(29)16(3)31-20-9-7-19(25)11-15(20)2/h5-9,11-13,16H,1,10H2,2-4H3,(H,27,28)/b18-12+/t16-/m1/s1. The van der Waals surface area contributed by atoms with E-state index in [9.17, 15) is 14.9 Å². The number of ether oxygens (including phenoxy) is 3. The summed E-state index contributed by atoms with van der Waals surface area (Å²) in [4.78, 5) is 24.5. The summed E-state index contributed by atoms with van der Waals surface area (Å²) in [5.41, 5.74) is 1.23. The quantitative estimate of drug-likeness (QED) is 0.200. The Morgan fingerprint density at radius 2 is 1.94 bits per heavy atom. The first-order valence-corrected chi connectivity index (χ1v) is 10.00. The van der Waals surface area contributed by atoms with Crippen molar-refractivity contribution >= 4 is 29.6 Å². The molecule has 7 nitrogen and oxygen atoms in total. The minimum atomic E-state index is -0.891. The topological polar surface area (TPSA) is 97.7 Å². The van der Waals surface area contributed by atoms with E-state index in [-0.39, 0.29) is 23.6 Å². The Morgan fingerprint density at radius 3 is 2.56 bits per heavy atom. The first-order chi connectivity index (χ1) is 15.3. The summed E-state index contributed by atoms with van der Waals surface area (Å²) in [5, 5.41) is 12.4. The number of nitrogens with one attached hydrogen (secondary N) is 1. The Morgan fingerprint density at radius 1 is 1.22 bits per heavy atom. The second-order valence-electron chi connectivity index (χ2n) is 6.67. The molecule has 0 saturated carbocycles. The van der Waals surface area contributed by atoms with Crippen LogP contribution < -0.4 is 19.5 Å². The lowest BCUT2D eigenvalue weighted by atomic mass is 10.1. The van der Waals surface area contributed by atoms with Crippen molar-refractivity contribution in [1.82, 2.24) is 5.32 Å². The molecule has 2 aromatic rings. The van der Waals surface area contributed by atoms with E-state index in [0.717, 1.165) is 5.56 Å². The Kier molecular flexibility index (Phi) is 8.87. The molecule has 0 saturated heterocycles. The highest BCUT2D eigenvalue weighted by Crippen LogP contribution is 2.30. The fraction of sp³-hybridized carbons (Fsp3) is 0.208. The fourth-order valence-corrected chi connectivity index (χ4v) is 2.84. The molecular formula is C24H23ClN2O5. The van der Waals surface area contributed by atoms with Crippen molar-refractivity contribution in [3.05, 3.63) is 70.8 Å². The van der Waals surface area contributed by atoms with Gasteiger partial charge in [0.1, 0.15) is 17.4 Å². The van der Waals surface area contributed by atoms with Gasteiger partial charge in [-0.2, -0.15) is 5.26 Å². The average molecular weight is 455 g/mol. The predicted molar refractivity (Wildman–Crippen MR) is 122 cm³/mol. The number of esters is 1. The molecular weight excluding hydrogens is 432 g/mol. The number of methoxy groups -OCH3 is 1. The van der Waals surface area contributed by atoms with Crippen LogP contribution in [0.3, 0.4) is 0 Å². The van der Waals surface area contributed by atoms with Gasteiger partial charge in [-0.05, 0) is 61.4 Å². The average Bonchev–Trinajstić information content (AvgIpc) is 2.78. The monoisotopic (exact) mass is 454 g/mol. The van der Waals surface area contributed by atoms with E-state index in [1.807, 2.05) is 13.0 Å². The highest BCUT2D eigenvalue weighted by Gasteiger charge is 2.20. The zero-order chi connectivity index (χ0) is 23.7. The fourth-order valence-electron chi connectivity index (χ4n) is 2.61. The molecule has 0 spiro atoms. The van der Waals surface area contributed by atoms with Crippen molar-refractivity contribution in [1.29, 1.82) is 5.26 Å². The lowest BCUT2D eigenvalue weighted by molar-refractivity contribution is -0.141. The molecule has 1 amide bonds. The van der Waals surface area contributed by atoms with Gasteiger partial charge in [-0.15, -0.1) is 6.58 Å². The number of amides is 1. The molecule has 0 bridgehead atoms. The van der Waals surface area contributed by atoms with Crippen LogP contribution in [0, 0.1) is 18.3 Å². The summed E-state index contributed by atoms with van der Waals surface area (Å²) in [6.07, 6.45) is 2.03. The molecule has 32 heavy (non-hydrogen) atoms. The van der Waals surface area contributed by atoms with Crippen LogP contribution in [0.25, 0.3) is 6.08 Å². The molecule has 1 atom stereocenters. The number of hydrogen-bond donors (Lipinski definition) is 1. The summed E-state index contributed by atoms with van der Waals surface area (Å²) >= 11 is 5.94. The van der Waals surface area contributed by atoms with E-state index in [1.165, 1.54) is 25.3 Å². The van der Waals surface area contributed by atoms with E-state index >= 15 is 0 Å². The third-order valence-electron chi connectivity index (χ3n) is 4.25. The van der Waals surface area contributed by atoms with Gasteiger partial charge in [-0.3, -0.25) is 4.79 Å². The second-order valence-corrected chi connectivity index (χ2v) is 7.11. The number of carbonyl (C=O) groups is 2. The molecule has 8 heteroatoms. The van der Waals surface area contributed by atoms with Crippen molar-refractivity contribution in [3.8, 4) is 23.3 Å². The summed E-state index contributed by atoms with van der Waals surface area (Å²) in [6, 6.07) is 11.6. The summed E-state index contributed by atoms with van der Waals surface area (Å²) < 4.78 is 16.4. The lowest BCUT2D eigenvalue weighted by Gasteiger charge is -2.16. The van der Waals surface area contributed by atoms with Crippen LogP contribution in [0.4, 0.5) is 0 Å². The SMILES string of the molecule is C=CCNC(=O)/C(C#N)=C/c1ccc(OC(=O)[C@@H](C)Oc2ccc(Cl)cc2C)c(OC)c1. The maximum absolute atomic E-state index is 12.5. The molecule has 0 radical (unpaired) electrons. The summed E-state index contributed by atoms with van der Waals surface area (Å²) in [7, 11) is 1.42. The number of rotatable bonds is 9. The molecule has 0 aliphatic carbocycles. The number of carbonyl (C=O) groups excluding carboxylic acids is 2. The van der Waals surface area contributed by atoms with Gasteiger partial charge in [-0.1, -0.05) is 23.7 Å². The molecule has 0 unspecified atom stereocenters. The van der Waals surface area contributed by atoms with E-state index in [0.29, 0.717) is 16.3 Å². The number of benzene rings is 2. The van der Waals surface area contributed by atoms with Gasteiger partial charge in [0.15, 0.2) is 17.6 Å². The normalized spacial score (nSPS) is 11.7. The van der Waals surface area contributed by atoms with Crippen molar-refractivity contribution in [2.45, 2.75) is 20.0 Å². The number of halogens is 1. The summed E-state index contributed by atoms with van der Waals surface area (Å²) in [6.45, 7) is 7.15. The molecule has 0 heterocycles. The molecule has 2 aromatic carbocycles. The predicted octanol–water partition coefficient (Wildman–Crippen LogP) is 4.24. The van der Waals surface area contributed by atoms with Crippen LogP contribution in [-0.2, 0) is 9.59 Å². The Labute approximate surface area is 191 Å². The molecule has 0 aliphatic heterocycles. The van der Waals surface area contributed by atoms with E-state index in [1.54, 1.807) is 37.3 Å².